The molecule has 4 aromatic carbocycles. The molecule has 0 aliphatic carbocycles. The van der Waals surface area contributed by atoms with Gasteiger partial charge in [0.2, 0.25) is 11.8 Å². The molecule has 4 rings (SSSR count). The lowest BCUT2D eigenvalue weighted by molar-refractivity contribution is -0.140. The Balaban J connectivity index is 1.80. The summed E-state index contributed by atoms with van der Waals surface area (Å²) >= 11 is 0. The van der Waals surface area contributed by atoms with Crippen LogP contribution >= 0.6 is 0 Å². The monoisotopic (exact) mass is 663 g/mol. The summed E-state index contributed by atoms with van der Waals surface area (Å²) in [4.78, 5) is 29.4. The van der Waals surface area contributed by atoms with Crippen LogP contribution in [-0.2, 0) is 32.6 Å². The van der Waals surface area contributed by atoms with Gasteiger partial charge in [0.15, 0.2) is 0 Å². The summed E-state index contributed by atoms with van der Waals surface area (Å²) in [6.07, 6.45) is 0.793. The van der Waals surface area contributed by atoms with Gasteiger partial charge >= 0.3 is 0 Å². The van der Waals surface area contributed by atoms with Crippen molar-refractivity contribution >= 4 is 27.5 Å². The van der Waals surface area contributed by atoms with Crippen LogP contribution in [-0.4, -0.2) is 50.4 Å². The predicted molar refractivity (Wildman–Crippen MR) is 177 cm³/mol. The Kier molecular flexibility index (Phi) is 12.1. The number of nitrogens with zero attached hydrogens (tertiary/aromatic N) is 2. The van der Waals surface area contributed by atoms with Gasteiger partial charge in [-0.15, -0.1) is 0 Å². The van der Waals surface area contributed by atoms with Gasteiger partial charge in [-0.1, -0.05) is 49.4 Å². The number of ether oxygens (including phenoxy) is 1. The second-order valence-electron chi connectivity index (χ2n) is 11.1. The van der Waals surface area contributed by atoms with Gasteiger partial charge < -0.3 is 15.0 Å². The normalized spacial score (nSPS) is 12.5. The van der Waals surface area contributed by atoms with Gasteiger partial charge in [-0.25, -0.2) is 17.2 Å². The summed E-state index contributed by atoms with van der Waals surface area (Å²) in [5.74, 6) is -1.66. The summed E-state index contributed by atoms with van der Waals surface area (Å²) < 4.78 is 62.2. The minimum atomic E-state index is -4.40. The van der Waals surface area contributed by atoms with Gasteiger partial charge in [-0.05, 0) is 92.1 Å². The van der Waals surface area contributed by atoms with Crippen molar-refractivity contribution < 1.29 is 31.5 Å². The third kappa shape index (κ3) is 9.38. The predicted octanol–water partition coefficient (Wildman–Crippen LogP) is 6.11. The van der Waals surface area contributed by atoms with E-state index < -0.39 is 46.1 Å². The Morgan fingerprint density at radius 2 is 1.40 bits per heavy atom. The zero-order chi connectivity index (χ0) is 34.0. The zero-order valence-electron chi connectivity index (χ0n) is 26.6. The Labute approximate surface area is 275 Å². The first-order valence-corrected chi connectivity index (χ1v) is 16.8. The average molecular weight is 664 g/mol. The smallest absolute Gasteiger partial charge is 0.264 e. The number of benzene rings is 4. The lowest BCUT2D eigenvalue weighted by atomic mass is 10.0. The molecule has 0 fully saturated rings. The third-order valence-electron chi connectivity index (χ3n) is 7.65. The van der Waals surface area contributed by atoms with E-state index in [1.807, 2.05) is 51.1 Å². The van der Waals surface area contributed by atoms with Crippen molar-refractivity contribution in [3.8, 4) is 5.75 Å². The van der Waals surface area contributed by atoms with Crippen LogP contribution in [0.1, 0.15) is 38.3 Å². The van der Waals surface area contributed by atoms with Crippen molar-refractivity contribution in [3.05, 3.63) is 126 Å². The fourth-order valence-corrected chi connectivity index (χ4v) is 6.33. The van der Waals surface area contributed by atoms with Crippen LogP contribution in [0.2, 0.25) is 0 Å². The molecule has 0 spiro atoms. The number of hydrogen-bond acceptors (Lipinski definition) is 5. The van der Waals surface area contributed by atoms with Gasteiger partial charge in [0.25, 0.3) is 10.0 Å². The number of nitrogens with one attached hydrogen (secondary N) is 1. The van der Waals surface area contributed by atoms with E-state index in [2.05, 4.69) is 5.32 Å². The maximum absolute atomic E-state index is 14.5. The minimum Gasteiger partial charge on any atom is -0.494 e. The number of sulfonamides is 1. The highest BCUT2D eigenvalue weighted by Crippen LogP contribution is 2.27. The molecule has 0 aromatic heterocycles. The Hall–Kier alpha value is -4.77. The number of amides is 2. The molecule has 0 radical (unpaired) electrons. The fourth-order valence-electron chi connectivity index (χ4n) is 4.92. The molecule has 11 heteroatoms. The molecule has 2 unspecified atom stereocenters. The first-order valence-electron chi connectivity index (χ1n) is 15.4. The molecule has 0 saturated heterocycles. The van der Waals surface area contributed by atoms with Crippen molar-refractivity contribution in [1.29, 1.82) is 0 Å². The average Bonchev–Trinajstić information content (AvgIpc) is 3.07. The SMILES string of the molecule is CCOc1ccc(N(CC(=O)N(Cc2ccc(F)cc2)C(Cc2ccccc2)C(=O)NC(C)CC)S(=O)(=O)c2ccc(F)cc2)cc1. The van der Waals surface area contributed by atoms with Gasteiger partial charge in [0.1, 0.15) is 30.0 Å². The van der Waals surface area contributed by atoms with E-state index >= 15 is 0 Å². The van der Waals surface area contributed by atoms with Crippen molar-refractivity contribution in [2.24, 2.45) is 0 Å². The quantitative estimate of drug-likeness (QED) is 0.166. The van der Waals surface area contributed by atoms with E-state index in [4.69, 9.17) is 4.74 Å². The first-order chi connectivity index (χ1) is 22.5. The summed E-state index contributed by atoms with van der Waals surface area (Å²) in [6, 6.07) is 24.0. The number of halogens is 2. The number of carbonyl (C=O) groups is 2. The van der Waals surface area contributed by atoms with Crippen LogP contribution in [0.25, 0.3) is 0 Å². The molecule has 2 amide bonds. The van der Waals surface area contributed by atoms with Gasteiger partial charge in [-0.3, -0.25) is 13.9 Å². The molecule has 0 bridgehead atoms. The summed E-state index contributed by atoms with van der Waals surface area (Å²) in [7, 11) is -4.40. The maximum atomic E-state index is 14.5. The molecule has 0 aliphatic rings. The van der Waals surface area contributed by atoms with E-state index in [0.29, 0.717) is 24.3 Å². The molecule has 1 N–H and O–H groups in total. The van der Waals surface area contributed by atoms with Gasteiger partial charge in [0.05, 0.1) is 17.2 Å². The highest BCUT2D eigenvalue weighted by atomic mass is 32.2. The van der Waals surface area contributed by atoms with Crippen molar-refractivity contribution in [3.63, 3.8) is 0 Å². The topological polar surface area (TPSA) is 96.0 Å². The van der Waals surface area contributed by atoms with E-state index in [0.717, 1.165) is 34.1 Å². The minimum absolute atomic E-state index is 0.0990. The second kappa shape index (κ2) is 16.2. The van der Waals surface area contributed by atoms with Crippen LogP contribution in [0, 0.1) is 11.6 Å². The molecule has 8 nitrogen and oxygen atoms in total. The Morgan fingerprint density at radius 3 is 1.98 bits per heavy atom. The number of carbonyl (C=O) groups excluding carboxylic acids is 2. The summed E-state index contributed by atoms with van der Waals surface area (Å²) in [6.45, 7) is 5.21. The molecule has 248 valence electrons. The Morgan fingerprint density at radius 1 is 0.809 bits per heavy atom. The van der Waals surface area contributed by atoms with E-state index in [1.54, 1.807) is 12.1 Å². The first kappa shape index (κ1) is 35.1. The third-order valence-corrected chi connectivity index (χ3v) is 9.44. The second-order valence-corrected chi connectivity index (χ2v) is 12.9. The van der Waals surface area contributed by atoms with Gasteiger partial charge in [0, 0.05) is 19.0 Å². The summed E-state index contributed by atoms with van der Waals surface area (Å²) in [5, 5.41) is 2.97. The summed E-state index contributed by atoms with van der Waals surface area (Å²) in [5.41, 5.74) is 1.50. The maximum Gasteiger partial charge on any atom is 0.264 e. The lowest BCUT2D eigenvalue weighted by Gasteiger charge is -2.34. The highest BCUT2D eigenvalue weighted by Gasteiger charge is 2.35. The van der Waals surface area contributed by atoms with E-state index in [9.17, 15) is 26.8 Å². The van der Waals surface area contributed by atoms with E-state index in [-0.39, 0.29) is 29.6 Å². The molecular weight excluding hydrogens is 624 g/mol. The van der Waals surface area contributed by atoms with Crippen LogP contribution in [0.15, 0.2) is 108 Å². The number of anilines is 1. The van der Waals surface area contributed by atoms with Crippen molar-refractivity contribution in [2.45, 2.75) is 57.1 Å². The molecule has 0 saturated carbocycles. The standard InChI is InChI=1S/C36H39F2N3O5S/c1-4-26(3)39-36(43)34(23-27-9-7-6-8-10-27)40(24-28-11-13-29(37)14-12-28)35(42)25-41(31-17-19-32(20-18-31)46-5-2)47(44,45)33-21-15-30(38)16-22-33/h6-22,26,34H,4-5,23-25H2,1-3H3,(H,39,43). The highest BCUT2D eigenvalue weighted by molar-refractivity contribution is 7.92. The Bertz CT molecular complexity index is 1720. The fraction of sp³-hybridized carbons (Fsp3) is 0.278. The largest absolute Gasteiger partial charge is 0.494 e. The lowest BCUT2D eigenvalue weighted by Crippen LogP contribution is -2.54. The van der Waals surface area contributed by atoms with Crippen LogP contribution in [0.3, 0.4) is 0 Å². The van der Waals surface area contributed by atoms with Crippen molar-refractivity contribution in [2.75, 3.05) is 17.5 Å². The van der Waals surface area contributed by atoms with Crippen LogP contribution < -0.4 is 14.4 Å². The molecule has 0 aliphatic heterocycles. The molecular formula is C36H39F2N3O5S. The van der Waals surface area contributed by atoms with Crippen LogP contribution in [0.5, 0.6) is 5.75 Å². The van der Waals surface area contributed by atoms with E-state index in [1.165, 1.54) is 41.3 Å². The zero-order valence-corrected chi connectivity index (χ0v) is 27.4. The molecule has 47 heavy (non-hydrogen) atoms. The van der Waals surface area contributed by atoms with Crippen molar-refractivity contribution in [1.82, 2.24) is 10.2 Å². The number of hydrogen-bond donors (Lipinski definition) is 1. The number of rotatable bonds is 15. The van der Waals surface area contributed by atoms with Crippen LogP contribution in [0.4, 0.5) is 14.5 Å². The van der Waals surface area contributed by atoms with Gasteiger partial charge in [-0.2, -0.15) is 0 Å². The molecule has 4 aromatic rings. The molecule has 2 atom stereocenters. The molecule has 0 heterocycles.